The van der Waals surface area contributed by atoms with Gasteiger partial charge in [-0.15, -0.1) is 0 Å². The van der Waals surface area contributed by atoms with Gasteiger partial charge in [0.2, 0.25) is 0 Å². The lowest BCUT2D eigenvalue weighted by molar-refractivity contribution is 0.559. The van der Waals surface area contributed by atoms with Gasteiger partial charge in [0.05, 0.1) is 6.04 Å². The van der Waals surface area contributed by atoms with Crippen molar-refractivity contribution in [2.24, 2.45) is 0 Å². The lowest BCUT2D eigenvalue weighted by atomic mass is 9.95. The summed E-state index contributed by atoms with van der Waals surface area (Å²) >= 11 is 5.84. The molecule has 1 atom stereocenters. The molecule has 2 rings (SSSR count). The average Bonchev–Trinajstić information content (AvgIpc) is 2.46. The Morgan fingerprint density at radius 3 is 2.19 bits per heavy atom. The molecule has 0 heterocycles. The van der Waals surface area contributed by atoms with E-state index < -0.39 is 0 Å². The van der Waals surface area contributed by atoms with E-state index in [1.54, 1.807) is 12.1 Å². The van der Waals surface area contributed by atoms with Crippen molar-refractivity contribution in [3.8, 4) is 0 Å². The van der Waals surface area contributed by atoms with Crippen LogP contribution >= 0.6 is 11.6 Å². The highest BCUT2D eigenvalue weighted by atomic mass is 35.5. The fraction of sp³-hybridized carbons (Fsp3) is 0.333. The summed E-state index contributed by atoms with van der Waals surface area (Å²) in [6, 6.07) is 13.0. The Bertz CT molecular complexity index is 593. The molecule has 0 aliphatic carbocycles. The molecule has 1 unspecified atom stereocenters. The van der Waals surface area contributed by atoms with Crippen molar-refractivity contribution in [3.05, 3.63) is 70.0 Å². The Hall–Kier alpha value is -1.38. The second-order valence-corrected chi connectivity index (χ2v) is 5.91. The molecule has 0 spiro atoms. The van der Waals surface area contributed by atoms with E-state index in [2.05, 4.69) is 43.4 Å². The normalized spacial score (nSPS) is 12.7. The fourth-order valence-corrected chi connectivity index (χ4v) is 2.58. The summed E-state index contributed by atoms with van der Waals surface area (Å²) < 4.78 is 14.2. The van der Waals surface area contributed by atoms with Crippen LogP contribution in [0.5, 0.6) is 0 Å². The molecule has 0 fully saturated rings. The van der Waals surface area contributed by atoms with Crippen LogP contribution in [0.2, 0.25) is 5.02 Å². The lowest BCUT2D eigenvalue weighted by Gasteiger charge is -2.20. The van der Waals surface area contributed by atoms with E-state index in [-0.39, 0.29) is 11.9 Å². The second kappa shape index (κ2) is 7.06. The highest BCUT2D eigenvalue weighted by Crippen LogP contribution is 2.27. The quantitative estimate of drug-likeness (QED) is 0.790. The minimum absolute atomic E-state index is 0.159. The molecule has 0 saturated heterocycles. The molecule has 2 aromatic rings. The minimum atomic E-state index is -0.276. The van der Waals surface area contributed by atoms with E-state index >= 15 is 0 Å². The Kier molecular flexibility index (Phi) is 5.38. The topological polar surface area (TPSA) is 12.0 Å². The molecule has 0 bridgehead atoms. The van der Waals surface area contributed by atoms with Gasteiger partial charge in [-0.1, -0.05) is 62.7 Å². The second-order valence-electron chi connectivity index (χ2n) is 5.48. The number of nitrogens with one attached hydrogen (secondary N) is 1. The summed E-state index contributed by atoms with van der Waals surface area (Å²) in [5.74, 6) is 0.213. The molecule has 0 saturated carbocycles. The van der Waals surface area contributed by atoms with Gasteiger partial charge in [-0.25, -0.2) is 4.39 Å². The summed E-state index contributed by atoms with van der Waals surface area (Å²) in [6.07, 6.45) is 0. The molecule has 21 heavy (non-hydrogen) atoms. The van der Waals surface area contributed by atoms with Gasteiger partial charge in [0.25, 0.3) is 0 Å². The number of hydrogen-bond acceptors (Lipinski definition) is 1. The first-order valence-corrected chi connectivity index (χ1v) is 7.69. The van der Waals surface area contributed by atoms with Crippen molar-refractivity contribution in [1.82, 2.24) is 5.32 Å². The van der Waals surface area contributed by atoms with Gasteiger partial charge in [-0.3, -0.25) is 0 Å². The van der Waals surface area contributed by atoms with Crippen molar-refractivity contribution in [2.45, 2.75) is 32.7 Å². The zero-order valence-electron chi connectivity index (χ0n) is 12.7. The van der Waals surface area contributed by atoms with Gasteiger partial charge >= 0.3 is 0 Å². The van der Waals surface area contributed by atoms with Crippen LogP contribution in [0.25, 0.3) is 0 Å². The zero-order chi connectivity index (χ0) is 15.4. The van der Waals surface area contributed by atoms with E-state index in [4.69, 9.17) is 11.6 Å². The lowest BCUT2D eigenvalue weighted by Crippen LogP contribution is -2.23. The zero-order valence-corrected chi connectivity index (χ0v) is 13.4. The molecule has 0 aliphatic rings. The molecule has 0 aromatic heterocycles. The molecular formula is C18H21ClFN. The first-order valence-electron chi connectivity index (χ1n) is 7.31. The molecule has 0 radical (unpaired) electrons. The maximum Gasteiger partial charge on any atom is 0.129 e. The van der Waals surface area contributed by atoms with E-state index in [1.807, 2.05) is 6.92 Å². The number of hydrogen-bond donors (Lipinski definition) is 1. The molecular weight excluding hydrogens is 285 g/mol. The third kappa shape index (κ3) is 3.84. The SMILES string of the molecule is CCNC(c1ccc(C(C)C)cc1)c1ccc(Cl)cc1F. The van der Waals surface area contributed by atoms with Crippen LogP contribution < -0.4 is 5.32 Å². The van der Waals surface area contributed by atoms with Crippen LogP contribution in [0.3, 0.4) is 0 Å². The van der Waals surface area contributed by atoms with Crippen molar-refractivity contribution in [1.29, 1.82) is 0 Å². The van der Waals surface area contributed by atoms with Crippen LogP contribution in [-0.2, 0) is 0 Å². The number of rotatable bonds is 5. The first-order chi connectivity index (χ1) is 10.0. The van der Waals surface area contributed by atoms with Gasteiger partial charge in [-0.2, -0.15) is 0 Å². The molecule has 0 amide bonds. The Morgan fingerprint density at radius 2 is 1.67 bits per heavy atom. The van der Waals surface area contributed by atoms with Gasteiger partial charge in [0.15, 0.2) is 0 Å². The summed E-state index contributed by atoms with van der Waals surface area (Å²) in [6.45, 7) is 7.10. The molecule has 112 valence electrons. The van der Waals surface area contributed by atoms with Crippen LogP contribution in [0.4, 0.5) is 4.39 Å². The van der Waals surface area contributed by atoms with Crippen molar-refractivity contribution >= 4 is 11.6 Å². The van der Waals surface area contributed by atoms with Crippen LogP contribution in [-0.4, -0.2) is 6.54 Å². The van der Waals surface area contributed by atoms with E-state index in [1.165, 1.54) is 11.6 Å². The summed E-state index contributed by atoms with van der Waals surface area (Å²) in [7, 11) is 0. The molecule has 3 heteroatoms. The standard InChI is InChI=1S/C18H21ClFN/c1-4-21-18(16-10-9-15(19)11-17(16)20)14-7-5-13(6-8-14)12(2)3/h5-12,18,21H,4H2,1-3H3. The molecule has 2 aromatic carbocycles. The summed E-state index contributed by atoms with van der Waals surface area (Å²) in [5.41, 5.74) is 2.96. The summed E-state index contributed by atoms with van der Waals surface area (Å²) in [4.78, 5) is 0. The number of halogens is 2. The first kappa shape index (κ1) is 16.0. The van der Waals surface area contributed by atoms with Gasteiger partial charge < -0.3 is 5.32 Å². The van der Waals surface area contributed by atoms with Crippen LogP contribution in [0.15, 0.2) is 42.5 Å². The van der Waals surface area contributed by atoms with Crippen LogP contribution in [0.1, 0.15) is 49.4 Å². The van der Waals surface area contributed by atoms with E-state index in [0.717, 1.165) is 12.1 Å². The minimum Gasteiger partial charge on any atom is -0.306 e. The van der Waals surface area contributed by atoms with E-state index in [9.17, 15) is 4.39 Å². The van der Waals surface area contributed by atoms with Gasteiger partial charge in [0.1, 0.15) is 5.82 Å². The van der Waals surface area contributed by atoms with Crippen LogP contribution in [0, 0.1) is 5.82 Å². The maximum atomic E-state index is 14.2. The van der Waals surface area contributed by atoms with E-state index in [0.29, 0.717) is 16.5 Å². The predicted octanol–water partition coefficient (Wildman–Crippen LogP) is 5.30. The third-order valence-corrected chi connectivity index (χ3v) is 3.85. The van der Waals surface area contributed by atoms with Crippen molar-refractivity contribution in [3.63, 3.8) is 0 Å². The molecule has 0 aliphatic heterocycles. The Balaban J connectivity index is 2.38. The summed E-state index contributed by atoms with van der Waals surface area (Å²) in [5, 5.41) is 3.76. The third-order valence-electron chi connectivity index (χ3n) is 3.62. The molecule has 1 N–H and O–H groups in total. The fourth-order valence-electron chi connectivity index (χ4n) is 2.42. The monoisotopic (exact) mass is 305 g/mol. The smallest absolute Gasteiger partial charge is 0.129 e. The largest absolute Gasteiger partial charge is 0.306 e. The Morgan fingerprint density at radius 1 is 1.05 bits per heavy atom. The molecule has 1 nitrogen and oxygen atoms in total. The van der Waals surface area contributed by atoms with Gasteiger partial charge in [0, 0.05) is 10.6 Å². The Labute approximate surface area is 131 Å². The predicted molar refractivity (Wildman–Crippen MR) is 87.5 cm³/mol. The van der Waals surface area contributed by atoms with Crippen molar-refractivity contribution < 1.29 is 4.39 Å². The highest BCUT2D eigenvalue weighted by molar-refractivity contribution is 6.30. The average molecular weight is 306 g/mol. The highest BCUT2D eigenvalue weighted by Gasteiger charge is 2.17. The number of benzene rings is 2. The van der Waals surface area contributed by atoms with Gasteiger partial charge in [-0.05, 0) is 35.7 Å². The maximum absolute atomic E-state index is 14.2. The van der Waals surface area contributed by atoms with Crippen molar-refractivity contribution in [2.75, 3.05) is 6.54 Å².